The molecule has 0 saturated heterocycles. The topological polar surface area (TPSA) is 30.9 Å². The molecule has 57 heavy (non-hydrogen) atoms. The number of benzene rings is 8. The third kappa shape index (κ3) is 4.48. The summed E-state index contributed by atoms with van der Waals surface area (Å²) in [6.45, 7) is 4.69. The normalized spacial score (nSPS) is 13.5. The highest BCUT2D eigenvalue weighted by Crippen LogP contribution is 2.51. The maximum Gasteiger partial charge on any atom is 0.0826 e. The standard InChI is InChI=1S/C52H37N5/c1-52(2)43-20-10-13-23-48(43)56(49-24-14-11-21-44(49)52)57-50-32-35(25-27-39(50)40-28-30-47-42(51(40)57)33-53-55(47)37-17-7-4-8-18-37)34-26-29-46-41(31-34)38-19-9-12-22-45(38)54(46)36-15-5-3-6-16-36/h3-33H,1-2H3. The van der Waals surface area contributed by atoms with Crippen LogP contribution in [0.3, 0.4) is 0 Å². The molecular weight excluding hydrogens is 695 g/mol. The molecule has 3 aromatic heterocycles. The van der Waals surface area contributed by atoms with Crippen molar-refractivity contribution in [3.63, 3.8) is 0 Å². The van der Waals surface area contributed by atoms with E-state index < -0.39 is 0 Å². The predicted octanol–water partition coefficient (Wildman–Crippen LogP) is 13.1. The number of para-hydroxylation sites is 5. The largest absolute Gasteiger partial charge is 0.309 e. The van der Waals surface area contributed by atoms with Gasteiger partial charge in [0.25, 0.3) is 0 Å². The van der Waals surface area contributed by atoms with Gasteiger partial charge in [-0.15, -0.1) is 0 Å². The molecule has 1 aliphatic rings. The van der Waals surface area contributed by atoms with E-state index in [2.05, 4.69) is 215 Å². The van der Waals surface area contributed by atoms with Gasteiger partial charge in [0, 0.05) is 38.0 Å². The van der Waals surface area contributed by atoms with Crippen LogP contribution in [0.1, 0.15) is 25.0 Å². The van der Waals surface area contributed by atoms with Crippen molar-refractivity contribution in [1.29, 1.82) is 0 Å². The van der Waals surface area contributed by atoms with E-state index in [1.54, 1.807) is 0 Å². The van der Waals surface area contributed by atoms with Crippen LogP contribution < -0.4 is 5.01 Å². The first-order valence-corrected chi connectivity index (χ1v) is 19.6. The van der Waals surface area contributed by atoms with Crippen LogP contribution in [0.15, 0.2) is 188 Å². The molecule has 0 radical (unpaired) electrons. The molecule has 1 aliphatic heterocycles. The monoisotopic (exact) mass is 731 g/mol. The number of nitrogens with zero attached hydrogens (tertiary/aromatic N) is 5. The van der Waals surface area contributed by atoms with E-state index in [1.807, 2.05) is 6.20 Å². The van der Waals surface area contributed by atoms with Crippen LogP contribution in [0.25, 0.3) is 77.0 Å². The summed E-state index contributed by atoms with van der Waals surface area (Å²) in [5, 5.41) is 13.4. The zero-order valence-corrected chi connectivity index (χ0v) is 31.6. The Hall–Kier alpha value is -7.37. The third-order valence-electron chi connectivity index (χ3n) is 12.3. The minimum Gasteiger partial charge on any atom is -0.309 e. The minimum absolute atomic E-state index is 0.185. The van der Waals surface area contributed by atoms with Crippen molar-refractivity contribution in [2.75, 3.05) is 5.01 Å². The maximum atomic E-state index is 5.01. The lowest BCUT2D eigenvalue weighted by Crippen LogP contribution is -2.35. The molecule has 8 aromatic carbocycles. The molecule has 0 aliphatic carbocycles. The SMILES string of the molecule is CC1(C)c2ccccc2N(n2c3cc(-c4ccc5c(c4)c4ccccc4n5-c4ccccc4)ccc3c3ccc4c(cnn4-c4ccccc4)c32)c2ccccc21. The van der Waals surface area contributed by atoms with Gasteiger partial charge in [-0.25, -0.2) is 14.4 Å². The van der Waals surface area contributed by atoms with E-state index >= 15 is 0 Å². The quantitative estimate of drug-likeness (QED) is 0.180. The predicted molar refractivity (Wildman–Crippen MR) is 236 cm³/mol. The molecule has 0 bridgehead atoms. The lowest BCUT2D eigenvalue weighted by Gasteiger charge is -2.42. The Bertz CT molecular complexity index is 3330. The molecule has 5 nitrogen and oxygen atoms in total. The van der Waals surface area contributed by atoms with Gasteiger partial charge in [-0.05, 0) is 95.1 Å². The molecule has 0 fully saturated rings. The molecule has 0 amide bonds. The highest BCUT2D eigenvalue weighted by Gasteiger charge is 2.38. The fourth-order valence-corrected chi connectivity index (χ4v) is 9.62. The van der Waals surface area contributed by atoms with Gasteiger partial charge >= 0.3 is 0 Å². The molecule has 0 saturated carbocycles. The van der Waals surface area contributed by atoms with Gasteiger partial charge in [-0.3, -0.25) is 0 Å². The molecule has 4 heterocycles. The van der Waals surface area contributed by atoms with Crippen LogP contribution in [0.5, 0.6) is 0 Å². The second-order valence-corrected chi connectivity index (χ2v) is 15.7. The molecular formula is C52H37N5. The summed E-state index contributed by atoms with van der Waals surface area (Å²) in [7, 11) is 0. The first-order chi connectivity index (χ1) is 28.1. The van der Waals surface area contributed by atoms with E-state index in [-0.39, 0.29) is 5.41 Å². The molecule has 0 atom stereocenters. The Morgan fingerprint density at radius 1 is 0.421 bits per heavy atom. The summed E-state index contributed by atoms with van der Waals surface area (Å²) < 4.78 is 6.91. The van der Waals surface area contributed by atoms with Crippen molar-refractivity contribution in [2.24, 2.45) is 0 Å². The van der Waals surface area contributed by atoms with Crippen LogP contribution >= 0.6 is 0 Å². The van der Waals surface area contributed by atoms with Gasteiger partial charge in [-0.2, -0.15) is 5.10 Å². The van der Waals surface area contributed by atoms with E-state index in [0.717, 1.165) is 33.3 Å². The molecule has 270 valence electrons. The minimum atomic E-state index is -0.185. The van der Waals surface area contributed by atoms with E-state index in [4.69, 9.17) is 5.10 Å². The Balaban J connectivity index is 1.16. The van der Waals surface area contributed by atoms with Crippen LogP contribution in [0.2, 0.25) is 0 Å². The lowest BCUT2D eigenvalue weighted by atomic mass is 9.74. The van der Waals surface area contributed by atoms with Crippen molar-refractivity contribution in [3.05, 3.63) is 199 Å². The fourth-order valence-electron chi connectivity index (χ4n) is 9.62. The van der Waals surface area contributed by atoms with Crippen LogP contribution in [-0.4, -0.2) is 19.0 Å². The highest BCUT2D eigenvalue weighted by molar-refractivity contribution is 6.19. The fraction of sp³-hybridized carbons (Fsp3) is 0.0577. The van der Waals surface area contributed by atoms with Gasteiger partial charge in [0.2, 0.25) is 0 Å². The van der Waals surface area contributed by atoms with E-state index in [0.29, 0.717) is 0 Å². The molecule has 0 spiro atoms. The van der Waals surface area contributed by atoms with Crippen molar-refractivity contribution in [1.82, 2.24) is 19.0 Å². The summed E-state index contributed by atoms with van der Waals surface area (Å²) in [5.41, 5.74) is 15.0. The summed E-state index contributed by atoms with van der Waals surface area (Å²) >= 11 is 0. The van der Waals surface area contributed by atoms with E-state index in [9.17, 15) is 0 Å². The Kier molecular flexibility index (Phi) is 6.62. The molecule has 12 rings (SSSR count). The summed E-state index contributed by atoms with van der Waals surface area (Å²) in [4.78, 5) is 0. The first-order valence-electron chi connectivity index (χ1n) is 19.6. The number of rotatable bonds is 4. The highest BCUT2D eigenvalue weighted by atomic mass is 15.6. The van der Waals surface area contributed by atoms with Gasteiger partial charge in [0.15, 0.2) is 0 Å². The summed E-state index contributed by atoms with van der Waals surface area (Å²) in [6.07, 6.45) is 2.04. The Labute approximate surface area is 329 Å². The van der Waals surface area contributed by atoms with Gasteiger partial charge in [0.05, 0.1) is 50.8 Å². The first kappa shape index (κ1) is 31.9. The van der Waals surface area contributed by atoms with Gasteiger partial charge in [0.1, 0.15) is 0 Å². The smallest absolute Gasteiger partial charge is 0.0826 e. The molecule has 11 aromatic rings. The lowest BCUT2D eigenvalue weighted by molar-refractivity contribution is 0.618. The second kappa shape index (κ2) is 11.8. The van der Waals surface area contributed by atoms with Crippen molar-refractivity contribution >= 4 is 65.9 Å². The zero-order valence-electron chi connectivity index (χ0n) is 31.6. The van der Waals surface area contributed by atoms with Gasteiger partial charge in [-0.1, -0.05) is 123 Å². The Morgan fingerprint density at radius 2 is 0.982 bits per heavy atom. The number of aromatic nitrogens is 4. The van der Waals surface area contributed by atoms with Crippen molar-refractivity contribution in [2.45, 2.75) is 19.3 Å². The zero-order chi connectivity index (χ0) is 37.8. The van der Waals surface area contributed by atoms with E-state index in [1.165, 1.54) is 66.2 Å². The number of anilines is 2. The molecule has 0 unspecified atom stereocenters. The average Bonchev–Trinajstić information content (AvgIpc) is 3.95. The average molecular weight is 732 g/mol. The summed E-state index contributed by atoms with van der Waals surface area (Å²) in [5.74, 6) is 0. The van der Waals surface area contributed by atoms with Crippen LogP contribution in [0.4, 0.5) is 11.4 Å². The molecule has 5 heteroatoms. The summed E-state index contributed by atoms with van der Waals surface area (Å²) in [6, 6.07) is 66.1. The van der Waals surface area contributed by atoms with Crippen molar-refractivity contribution < 1.29 is 0 Å². The van der Waals surface area contributed by atoms with Gasteiger partial charge < -0.3 is 4.57 Å². The number of hydrogen-bond donors (Lipinski definition) is 0. The number of fused-ring (bicyclic) bond motifs is 10. The maximum absolute atomic E-state index is 5.01. The second-order valence-electron chi connectivity index (χ2n) is 15.7. The number of hydrogen-bond acceptors (Lipinski definition) is 2. The van der Waals surface area contributed by atoms with Crippen LogP contribution in [0, 0.1) is 0 Å². The Morgan fingerprint density at radius 3 is 1.74 bits per heavy atom. The van der Waals surface area contributed by atoms with Crippen LogP contribution in [-0.2, 0) is 5.41 Å². The third-order valence-corrected chi connectivity index (χ3v) is 12.3. The van der Waals surface area contributed by atoms with Crippen molar-refractivity contribution in [3.8, 4) is 22.5 Å². The molecule has 0 N–H and O–H groups in total.